The summed E-state index contributed by atoms with van der Waals surface area (Å²) in [6.07, 6.45) is 3.53. The molecule has 0 amide bonds. The third-order valence-electron chi connectivity index (χ3n) is 2.91. The minimum Gasteiger partial charge on any atom is -0.374 e. The Labute approximate surface area is 105 Å². The van der Waals surface area contributed by atoms with E-state index in [0.717, 1.165) is 25.7 Å². The van der Waals surface area contributed by atoms with Crippen molar-refractivity contribution in [3.05, 3.63) is 0 Å². The molecule has 1 aliphatic rings. The first-order valence-electron chi connectivity index (χ1n) is 6.52. The smallest absolute Gasteiger partial charge is 0.155 e. The average molecular weight is 264 g/mol. The normalized spacial score (nSPS) is 27.4. The van der Waals surface area contributed by atoms with Gasteiger partial charge in [0.25, 0.3) is 0 Å². The van der Waals surface area contributed by atoms with Gasteiger partial charge in [0.2, 0.25) is 0 Å². The molecule has 5 heteroatoms. The summed E-state index contributed by atoms with van der Waals surface area (Å²) in [5, 5.41) is 0. The molecule has 0 aromatic heterocycles. The van der Waals surface area contributed by atoms with Gasteiger partial charge in [-0.3, -0.25) is 0 Å². The lowest BCUT2D eigenvalue weighted by Gasteiger charge is -2.19. The molecule has 0 aromatic rings. The summed E-state index contributed by atoms with van der Waals surface area (Å²) < 4.78 is 34.3. The summed E-state index contributed by atoms with van der Waals surface area (Å²) in [5.74, 6) is 0.237. The Balaban J connectivity index is 2.40. The third kappa shape index (κ3) is 5.36. The zero-order valence-corrected chi connectivity index (χ0v) is 11.7. The first-order chi connectivity index (χ1) is 8.09. The van der Waals surface area contributed by atoms with Gasteiger partial charge in [-0.1, -0.05) is 26.7 Å². The monoisotopic (exact) mass is 264 g/mol. The molecule has 1 heterocycles. The molecule has 1 saturated heterocycles. The van der Waals surface area contributed by atoms with Crippen LogP contribution < -0.4 is 0 Å². The molecule has 4 nitrogen and oxygen atoms in total. The number of hydrogen-bond acceptors (Lipinski definition) is 4. The fourth-order valence-corrected chi connectivity index (χ4v) is 3.61. The molecule has 2 atom stereocenters. The Morgan fingerprint density at radius 3 is 1.71 bits per heavy atom. The molecule has 0 bridgehead atoms. The lowest BCUT2D eigenvalue weighted by molar-refractivity contribution is -0.0476. The van der Waals surface area contributed by atoms with Gasteiger partial charge in [-0.15, -0.1) is 0 Å². The van der Waals surface area contributed by atoms with E-state index in [-0.39, 0.29) is 23.7 Å². The predicted molar refractivity (Wildman–Crippen MR) is 67.9 cm³/mol. The standard InChI is InChI=1S/C12H24O4S/c1-3-5-7-15-11-9-17(13,14)10-12(11)16-8-6-4-2/h11-12H,3-10H2,1-2H3/t11-,12-/m0/s1. The van der Waals surface area contributed by atoms with Crippen LogP contribution in [0.3, 0.4) is 0 Å². The highest BCUT2D eigenvalue weighted by atomic mass is 32.2. The Hall–Kier alpha value is -0.130. The molecule has 0 aromatic carbocycles. The average Bonchev–Trinajstić information content (AvgIpc) is 2.54. The Bertz CT molecular complexity index is 276. The van der Waals surface area contributed by atoms with Crippen molar-refractivity contribution in [1.29, 1.82) is 0 Å². The molecule has 1 fully saturated rings. The van der Waals surface area contributed by atoms with Crippen molar-refractivity contribution in [2.45, 2.75) is 51.7 Å². The summed E-state index contributed by atoms with van der Waals surface area (Å²) in [6.45, 7) is 5.43. The molecule has 1 aliphatic heterocycles. The fraction of sp³-hybridized carbons (Fsp3) is 1.00. The summed E-state index contributed by atoms with van der Waals surface area (Å²) in [4.78, 5) is 0. The van der Waals surface area contributed by atoms with E-state index < -0.39 is 9.84 Å². The minimum atomic E-state index is -2.97. The van der Waals surface area contributed by atoms with E-state index in [1.165, 1.54) is 0 Å². The third-order valence-corrected chi connectivity index (χ3v) is 4.58. The second-order valence-corrected chi connectivity index (χ2v) is 6.76. The zero-order valence-electron chi connectivity index (χ0n) is 10.9. The number of unbranched alkanes of at least 4 members (excludes halogenated alkanes) is 2. The van der Waals surface area contributed by atoms with Gasteiger partial charge >= 0.3 is 0 Å². The molecule has 1 rings (SSSR count). The maximum absolute atomic E-state index is 11.6. The quantitative estimate of drug-likeness (QED) is 0.627. The van der Waals surface area contributed by atoms with Crippen molar-refractivity contribution in [2.24, 2.45) is 0 Å². The lowest BCUT2D eigenvalue weighted by atomic mass is 10.2. The highest BCUT2D eigenvalue weighted by molar-refractivity contribution is 7.91. The summed E-state index contributed by atoms with van der Waals surface area (Å²) >= 11 is 0. The van der Waals surface area contributed by atoms with E-state index in [4.69, 9.17) is 9.47 Å². The number of sulfone groups is 1. The number of ether oxygens (including phenoxy) is 2. The Morgan fingerprint density at radius 1 is 0.941 bits per heavy atom. The van der Waals surface area contributed by atoms with E-state index in [9.17, 15) is 8.42 Å². The van der Waals surface area contributed by atoms with Crippen LogP contribution in [0.2, 0.25) is 0 Å². The largest absolute Gasteiger partial charge is 0.374 e. The van der Waals surface area contributed by atoms with Crippen LogP contribution in [0.1, 0.15) is 39.5 Å². The minimum absolute atomic E-state index is 0.119. The van der Waals surface area contributed by atoms with Crippen LogP contribution in [0.4, 0.5) is 0 Å². The molecular weight excluding hydrogens is 240 g/mol. The number of hydrogen-bond donors (Lipinski definition) is 0. The fourth-order valence-electron chi connectivity index (χ4n) is 1.85. The lowest BCUT2D eigenvalue weighted by Crippen LogP contribution is -2.30. The second-order valence-electron chi connectivity index (χ2n) is 4.60. The van der Waals surface area contributed by atoms with Gasteiger partial charge in [-0.2, -0.15) is 0 Å². The van der Waals surface area contributed by atoms with Crippen LogP contribution in [0.25, 0.3) is 0 Å². The highest BCUT2D eigenvalue weighted by Gasteiger charge is 2.38. The predicted octanol–water partition coefficient (Wildman–Crippen LogP) is 1.79. The van der Waals surface area contributed by atoms with Crippen LogP contribution in [0.15, 0.2) is 0 Å². The van der Waals surface area contributed by atoms with Gasteiger partial charge in [0, 0.05) is 13.2 Å². The van der Waals surface area contributed by atoms with Crippen molar-refractivity contribution in [3.8, 4) is 0 Å². The molecule has 0 spiro atoms. The van der Waals surface area contributed by atoms with E-state index >= 15 is 0 Å². The summed E-state index contributed by atoms with van der Waals surface area (Å²) in [7, 11) is -2.97. The van der Waals surface area contributed by atoms with Crippen LogP contribution in [-0.4, -0.2) is 45.3 Å². The van der Waals surface area contributed by atoms with Crippen molar-refractivity contribution in [1.82, 2.24) is 0 Å². The van der Waals surface area contributed by atoms with E-state index in [1.54, 1.807) is 0 Å². The molecule has 102 valence electrons. The molecule has 17 heavy (non-hydrogen) atoms. The maximum atomic E-state index is 11.6. The molecular formula is C12H24O4S. The molecule has 0 aliphatic carbocycles. The van der Waals surface area contributed by atoms with Gasteiger partial charge in [-0.05, 0) is 12.8 Å². The number of rotatable bonds is 8. The second kappa shape index (κ2) is 7.34. The summed E-state index contributed by atoms with van der Waals surface area (Å²) in [6, 6.07) is 0. The van der Waals surface area contributed by atoms with Gasteiger partial charge < -0.3 is 9.47 Å². The summed E-state index contributed by atoms with van der Waals surface area (Å²) in [5.41, 5.74) is 0. The first-order valence-corrected chi connectivity index (χ1v) is 8.34. The maximum Gasteiger partial charge on any atom is 0.155 e. The highest BCUT2D eigenvalue weighted by Crippen LogP contribution is 2.19. The van der Waals surface area contributed by atoms with Crippen molar-refractivity contribution < 1.29 is 17.9 Å². The van der Waals surface area contributed by atoms with Crippen LogP contribution >= 0.6 is 0 Å². The SMILES string of the molecule is CCCCO[C@H]1CS(=O)(=O)C[C@@H]1OCCCC. The van der Waals surface area contributed by atoms with Crippen molar-refractivity contribution in [3.63, 3.8) is 0 Å². The van der Waals surface area contributed by atoms with Gasteiger partial charge in [0.15, 0.2) is 9.84 Å². The molecule has 0 saturated carbocycles. The zero-order chi connectivity index (χ0) is 12.7. The Morgan fingerprint density at radius 2 is 1.35 bits per heavy atom. The van der Waals surface area contributed by atoms with Gasteiger partial charge in [0.05, 0.1) is 23.7 Å². The molecule has 0 N–H and O–H groups in total. The topological polar surface area (TPSA) is 52.6 Å². The molecule has 0 unspecified atom stereocenters. The molecule has 0 radical (unpaired) electrons. The van der Waals surface area contributed by atoms with E-state index in [1.807, 2.05) is 0 Å². The van der Waals surface area contributed by atoms with Crippen molar-refractivity contribution >= 4 is 9.84 Å². The van der Waals surface area contributed by atoms with Crippen molar-refractivity contribution in [2.75, 3.05) is 24.7 Å². The van der Waals surface area contributed by atoms with Gasteiger partial charge in [-0.25, -0.2) is 8.42 Å². The van der Waals surface area contributed by atoms with Crippen LogP contribution in [-0.2, 0) is 19.3 Å². The first kappa shape index (κ1) is 14.9. The van der Waals surface area contributed by atoms with Crippen LogP contribution in [0, 0.1) is 0 Å². The van der Waals surface area contributed by atoms with Gasteiger partial charge in [0.1, 0.15) is 0 Å². The Kier molecular flexibility index (Phi) is 6.44. The van der Waals surface area contributed by atoms with Crippen LogP contribution in [0.5, 0.6) is 0 Å². The van der Waals surface area contributed by atoms with E-state index in [0.29, 0.717) is 13.2 Å². The van der Waals surface area contributed by atoms with E-state index in [2.05, 4.69) is 13.8 Å².